The minimum Gasteiger partial charge on any atom is -0.355 e. The Balaban J connectivity index is 2.12. The Labute approximate surface area is 99.3 Å². The molecule has 0 bridgehead atoms. The molecule has 0 aromatic rings. The quantitative estimate of drug-likeness (QED) is 0.663. The standard InChI is InChI=1S/C12H26N2O2/c1-4-7-14-8-5-11(6-9-14)13-10-12(15-2)16-3/h11-13H,4-10H2,1-3H3. The normalized spacial score (nSPS) is 19.5. The minimum atomic E-state index is -0.117. The zero-order valence-electron chi connectivity index (χ0n) is 10.9. The molecule has 1 aliphatic rings. The fourth-order valence-electron chi connectivity index (χ4n) is 2.20. The predicted molar refractivity (Wildman–Crippen MR) is 65.6 cm³/mol. The highest BCUT2D eigenvalue weighted by Crippen LogP contribution is 2.10. The average molecular weight is 230 g/mol. The van der Waals surface area contributed by atoms with Crippen LogP contribution in [0.15, 0.2) is 0 Å². The maximum absolute atomic E-state index is 5.16. The summed E-state index contributed by atoms with van der Waals surface area (Å²) < 4.78 is 10.3. The topological polar surface area (TPSA) is 33.7 Å². The van der Waals surface area contributed by atoms with Gasteiger partial charge in [0.1, 0.15) is 0 Å². The van der Waals surface area contributed by atoms with E-state index in [-0.39, 0.29) is 6.29 Å². The van der Waals surface area contributed by atoms with Crippen molar-refractivity contribution in [2.45, 2.75) is 38.5 Å². The molecule has 1 N–H and O–H groups in total. The number of rotatable bonds is 7. The molecule has 0 radical (unpaired) electrons. The molecule has 16 heavy (non-hydrogen) atoms. The number of methoxy groups -OCH3 is 2. The Morgan fingerprint density at radius 1 is 1.25 bits per heavy atom. The average Bonchev–Trinajstić information content (AvgIpc) is 2.33. The monoisotopic (exact) mass is 230 g/mol. The molecule has 0 spiro atoms. The summed E-state index contributed by atoms with van der Waals surface area (Å²) in [5, 5.41) is 3.51. The second-order valence-corrected chi connectivity index (χ2v) is 4.43. The molecule has 4 heteroatoms. The van der Waals surface area contributed by atoms with Gasteiger partial charge >= 0.3 is 0 Å². The third kappa shape index (κ3) is 4.78. The van der Waals surface area contributed by atoms with E-state index in [9.17, 15) is 0 Å². The number of piperidine rings is 1. The lowest BCUT2D eigenvalue weighted by Crippen LogP contribution is -2.45. The van der Waals surface area contributed by atoms with Crippen molar-refractivity contribution in [1.82, 2.24) is 10.2 Å². The van der Waals surface area contributed by atoms with E-state index in [2.05, 4.69) is 17.1 Å². The van der Waals surface area contributed by atoms with Gasteiger partial charge in [0.15, 0.2) is 6.29 Å². The molecule has 0 amide bonds. The summed E-state index contributed by atoms with van der Waals surface area (Å²) >= 11 is 0. The highest BCUT2D eigenvalue weighted by molar-refractivity contribution is 4.77. The largest absolute Gasteiger partial charge is 0.355 e. The first-order valence-corrected chi connectivity index (χ1v) is 6.31. The number of hydrogen-bond acceptors (Lipinski definition) is 4. The summed E-state index contributed by atoms with van der Waals surface area (Å²) in [4.78, 5) is 2.54. The smallest absolute Gasteiger partial charge is 0.169 e. The number of hydrogen-bond donors (Lipinski definition) is 1. The van der Waals surface area contributed by atoms with Crippen molar-refractivity contribution in [2.24, 2.45) is 0 Å². The third-order valence-corrected chi connectivity index (χ3v) is 3.23. The van der Waals surface area contributed by atoms with Gasteiger partial charge in [0.25, 0.3) is 0 Å². The minimum absolute atomic E-state index is 0.117. The first-order valence-electron chi connectivity index (χ1n) is 6.31. The molecule has 1 rings (SSSR count). The molecule has 4 nitrogen and oxygen atoms in total. The van der Waals surface area contributed by atoms with Gasteiger partial charge in [-0.05, 0) is 38.9 Å². The predicted octanol–water partition coefficient (Wildman–Crippen LogP) is 1.07. The van der Waals surface area contributed by atoms with E-state index < -0.39 is 0 Å². The van der Waals surface area contributed by atoms with Crippen LogP contribution in [0.4, 0.5) is 0 Å². The first-order chi connectivity index (χ1) is 7.80. The van der Waals surface area contributed by atoms with Crippen LogP contribution in [-0.2, 0) is 9.47 Å². The molecular formula is C12H26N2O2. The van der Waals surface area contributed by atoms with Gasteiger partial charge in [-0.1, -0.05) is 6.92 Å². The van der Waals surface area contributed by atoms with Gasteiger partial charge in [-0.3, -0.25) is 0 Å². The van der Waals surface area contributed by atoms with E-state index in [0.717, 1.165) is 6.54 Å². The van der Waals surface area contributed by atoms with E-state index >= 15 is 0 Å². The first kappa shape index (κ1) is 13.9. The Hall–Kier alpha value is -0.160. The maximum atomic E-state index is 5.16. The van der Waals surface area contributed by atoms with Crippen molar-refractivity contribution in [3.63, 3.8) is 0 Å². The van der Waals surface area contributed by atoms with Crippen molar-refractivity contribution in [1.29, 1.82) is 0 Å². The Kier molecular flexibility index (Phi) is 6.96. The maximum Gasteiger partial charge on any atom is 0.169 e. The lowest BCUT2D eigenvalue weighted by Gasteiger charge is -2.32. The van der Waals surface area contributed by atoms with Crippen LogP contribution in [0.1, 0.15) is 26.2 Å². The number of ether oxygens (including phenoxy) is 2. The summed E-state index contributed by atoms with van der Waals surface area (Å²) in [6, 6.07) is 0.626. The molecule has 0 aliphatic carbocycles. The van der Waals surface area contributed by atoms with Crippen LogP contribution in [-0.4, -0.2) is 57.6 Å². The van der Waals surface area contributed by atoms with Gasteiger partial charge in [-0.25, -0.2) is 0 Å². The van der Waals surface area contributed by atoms with Gasteiger partial charge in [0.2, 0.25) is 0 Å². The Morgan fingerprint density at radius 3 is 2.38 bits per heavy atom. The van der Waals surface area contributed by atoms with E-state index in [0.29, 0.717) is 6.04 Å². The zero-order chi connectivity index (χ0) is 11.8. The summed E-state index contributed by atoms with van der Waals surface area (Å²) in [7, 11) is 3.36. The Morgan fingerprint density at radius 2 is 1.88 bits per heavy atom. The number of nitrogens with one attached hydrogen (secondary N) is 1. The van der Waals surface area contributed by atoms with Crippen LogP contribution in [0.25, 0.3) is 0 Å². The fraction of sp³-hybridized carbons (Fsp3) is 1.00. The van der Waals surface area contributed by atoms with Crippen molar-refractivity contribution < 1.29 is 9.47 Å². The molecule has 1 saturated heterocycles. The highest BCUT2D eigenvalue weighted by Gasteiger charge is 2.18. The van der Waals surface area contributed by atoms with Crippen LogP contribution in [0.5, 0.6) is 0 Å². The zero-order valence-corrected chi connectivity index (χ0v) is 10.9. The second kappa shape index (κ2) is 8.01. The molecule has 1 fully saturated rings. The highest BCUT2D eigenvalue weighted by atomic mass is 16.7. The summed E-state index contributed by atoms with van der Waals surface area (Å²) in [5.41, 5.74) is 0. The molecule has 0 aromatic heterocycles. The lowest BCUT2D eigenvalue weighted by atomic mass is 10.0. The molecule has 1 aliphatic heterocycles. The Bertz CT molecular complexity index is 166. The molecule has 0 saturated carbocycles. The summed E-state index contributed by atoms with van der Waals surface area (Å²) in [5.74, 6) is 0. The van der Waals surface area contributed by atoms with Crippen LogP contribution >= 0.6 is 0 Å². The SMILES string of the molecule is CCCN1CCC(NCC(OC)OC)CC1. The van der Waals surface area contributed by atoms with E-state index in [4.69, 9.17) is 9.47 Å². The van der Waals surface area contributed by atoms with Crippen LogP contribution in [0.2, 0.25) is 0 Å². The van der Waals surface area contributed by atoms with E-state index in [1.54, 1.807) is 14.2 Å². The van der Waals surface area contributed by atoms with Crippen LogP contribution in [0.3, 0.4) is 0 Å². The second-order valence-electron chi connectivity index (χ2n) is 4.43. The molecule has 96 valence electrons. The summed E-state index contributed by atoms with van der Waals surface area (Å²) in [6.07, 6.45) is 3.61. The third-order valence-electron chi connectivity index (χ3n) is 3.23. The number of nitrogens with zero attached hydrogens (tertiary/aromatic N) is 1. The molecule has 0 atom stereocenters. The molecule has 1 heterocycles. The van der Waals surface area contributed by atoms with Crippen LogP contribution < -0.4 is 5.32 Å². The number of likely N-dealkylation sites (tertiary alicyclic amines) is 1. The summed E-state index contributed by atoms with van der Waals surface area (Å²) in [6.45, 7) is 6.70. The van der Waals surface area contributed by atoms with Crippen molar-refractivity contribution in [3.05, 3.63) is 0 Å². The van der Waals surface area contributed by atoms with E-state index in [1.165, 1.54) is 38.9 Å². The van der Waals surface area contributed by atoms with E-state index in [1.807, 2.05) is 0 Å². The molecular weight excluding hydrogens is 204 g/mol. The van der Waals surface area contributed by atoms with Crippen molar-refractivity contribution in [3.8, 4) is 0 Å². The molecule has 0 aromatic carbocycles. The van der Waals surface area contributed by atoms with Crippen LogP contribution in [0, 0.1) is 0 Å². The van der Waals surface area contributed by atoms with Crippen molar-refractivity contribution in [2.75, 3.05) is 40.4 Å². The molecule has 0 unspecified atom stereocenters. The van der Waals surface area contributed by atoms with Gasteiger partial charge in [0.05, 0.1) is 0 Å². The van der Waals surface area contributed by atoms with Gasteiger partial charge < -0.3 is 19.7 Å². The van der Waals surface area contributed by atoms with Gasteiger partial charge in [0, 0.05) is 26.8 Å². The lowest BCUT2D eigenvalue weighted by molar-refractivity contribution is -0.100. The fourth-order valence-corrected chi connectivity index (χ4v) is 2.20. The van der Waals surface area contributed by atoms with Gasteiger partial charge in [-0.15, -0.1) is 0 Å². The van der Waals surface area contributed by atoms with Gasteiger partial charge in [-0.2, -0.15) is 0 Å². The van der Waals surface area contributed by atoms with Crippen molar-refractivity contribution >= 4 is 0 Å².